The van der Waals surface area contributed by atoms with Crippen molar-refractivity contribution in [1.29, 1.82) is 0 Å². The molecular formula is C13H18N2O. The zero-order valence-electron chi connectivity index (χ0n) is 10.1. The summed E-state index contributed by atoms with van der Waals surface area (Å²) in [5.74, 6) is 0.201. The van der Waals surface area contributed by atoms with Crippen molar-refractivity contribution in [2.45, 2.75) is 20.8 Å². The number of fused-ring (bicyclic) bond motifs is 1. The minimum Gasteiger partial charge on any atom is -0.377 e. The first-order chi connectivity index (χ1) is 7.67. The minimum atomic E-state index is 0.201. The van der Waals surface area contributed by atoms with Crippen molar-refractivity contribution in [2.75, 3.05) is 29.9 Å². The van der Waals surface area contributed by atoms with Gasteiger partial charge in [-0.3, -0.25) is 4.79 Å². The molecule has 0 aliphatic carbocycles. The standard InChI is InChI=1S/C13H18N2O/c1-4-15(5-2)10-6-9(3)13-11(7-10)12(16)8-14-13/h6-7,14H,4-5,8H2,1-3H3. The Labute approximate surface area is 96.5 Å². The summed E-state index contributed by atoms with van der Waals surface area (Å²) < 4.78 is 0. The second-order valence-electron chi connectivity index (χ2n) is 4.13. The van der Waals surface area contributed by atoms with Gasteiger partial charge in [-0.2, -0.15) is 0 Å². The van der Waals surface area contributed by atoms with Crippen LogP contribution in [0.5, 0.6) is 0 Å². The Hall–Kier alpha value is -1.51. The van der Waals surface area contributed by atoms with E-state index in [4.69, 9.17) is 0 Å². The molecule has 1 aromatic rings. The molecule has 86 valence electrons. The Balaban J connectivity index is 2.47. The molecule has 1 aliphatic rings. The van der Waals surface area contributed by atoms with Gasteiger partial charge in [0.1, 0.15) is 0 Å². The van der Waals surface area contributed by atoms with E-state index in [0.717, 1.165) is 35.6 Å². The SMILES string of the molecule is CCN(CC)c1cc(C)c2c(c1)C(=O)CN2. The first-order valence-corrected chi connectivity index (χ1v) is 5.84. The Morgan fingerprint density at radius 3 is 2.62 bits per heavy atom. The van der Waals surface area contributed by atoms with E-state index in [-0.39, 0.29) is 5.78 Å². The molecule has 1 heterocycles. The summed E-state index contributed by atoms with van der Waals surface area (Å²) in [7, 11) is 0. The van der Waals surface area contributed by atoms with Gasteiger partial charge >= 0.3 is 0 Å². The Bertz CT molecular complexity index is 422. The molecule has 0 atom stereocenters. The van der Waals surface area contributed by atoms with Gasteiger partial charge in [0.05, 0.1) is 6.54 Å². The third kappa shape index (κ3) is 1.66. The Morgan fingerprint density at radius 1 is 1.31 bits per heavy atom. The highest BCUT2D eigenvalue weighted by Crippen LogP contribution is 2.31. The number of hydrogen-bond donors (Lipinski definition) is 1. The number of nitrogens with one attached hydrogen (secondary N) is 1. The molecule has 1 aliphatic heterocycles. The molecule has 0 saturated heterocycles. The minimum absolute atomic E-state index is 0.201. The third-order valence-corrected chi connectivity index (χ3v) is 3.18. The van der Waals surface area contributed by atoms with Crippen LogP contribution in [0.4, 0.5) is 11.4 Å². The summed E-state index contributed by atoms with van der Waals surface area (Å²) >= 11 is 0. The van der Waals surface area contributed by atoms with Gasteiger partial charge in [0.25, 0.3) is 0 Å². The average Bonchev–Trinajstić information content (AvgIpc) is 2.63. The van der Waals surface area contributed by atoms with Crippen LogP contribution >= 0.6 is 0 Å². The van der Waals surface area contributed by atoms with Crippen LogP contribution in [-0.2, 0) is 0 Å². The van der Waals surface area contributed by atoms with Crippen LogP contribution < -0.4 is 10.2 Å². The predicted octanol–water partition coefficient (Wildman–Crippen LogP) is 2.45. The fourth-order valence-electron chi connectivity index (χ4n) is 2.26. The first-order valence-electron chi connectivity index (χ1n) is 5.84. The van der Waals surface area contributed by atoms with Crippen molar-refractivity contribution < 1.29 is 4.79 Å². The lowest BCUT2D eigenvalue weighted by atomic mass is 10.1. The highest BCUT2D eigenvalue weighted by Gasteiger charge is 2.22. The summed E-state index contributed by atoms with van der Waals surface area (Å²) in [4.78, 5) is 14.0. The molecule has 0 unspecified atom stereocenters. The Kier molecular flexibility index (Phi) is 2.86. The summed E-state index contributed by atoms with van der Waals surface area (Å²) in [6, 6.07) is 4.16. The number of benzene rings is 1. The Morgan fingerprint density at radius 2 is 2.00 bits per heavy atom. The van der Waals surface area contributed by atoms with Crippen LogP contribution in [0.2, 0.25) is 0 Å². The topological polar surface area (TPSA) is 32.3 Å². The number of carbonyl (C=O) groups excluding carboxylic acids is 1. The second kappa shape index (κ2) is 4.16. The van der Waals surface area contributed by atoms with E-state index in [0.29, 0.717) is 6.54 Å². The van der Waals surface area contributed by atoms with Crippen LogP contribution in [0, 0.1) is 6.92 Å². The van der Waals surface area contributed by atoms with E-state index in [2.05, 4.69) is 37.1 Å². The first kappa shape index (κ1) is 11.0. The largest absolute Gasteiger partial charge is 0.377 e. The summed E-state index contributed by atoms with van der Waals surface area (Å²) in [5, 5.41) is 3.15. The van der Waals surface area contributed by atoms with Crippen molar-refractivity contribution in [2.24, 2.45) is 0 Å². The molecule has 0 saturated carbocycles. The van der Waals surface area contributed by atoms with Gasteiger partial charge in [0, 0.05) is 30.0 Å². The number of ketones is 1. The van der Waals surface area contributed by atoms with Gasteiger partial charge in [-0.25, -0.2) is 0 Å². The highest BCUT2D eigenvalue weighted by atomic mass is 16.1. The molecule has 1 aromatic carbocycles. The van der Waals surface area contributed by atoms with E-state index in [1.54, 1.807) is 0 Å². The molecule has 0 spiro atoms. The lowest BCUT2D eigenvalue weighted by molar-refractivity contribution is 0.101. The van der Waals surface area contributed by atoms with E-state index < -0.39 is 0 Å². The number of rotatable bonds is 3. The van der Waals surface area contributed by atoms with Gasteiger partial charge in [0.2, 0.25) is 0 Å². The average molecular weight is 218 g/mol. The number of carbonyl (C=O) groups is 1. The normalized spacial score (nSPS) is 13.6. The second-order valence-corrected chi connectivity index (χ2v) is 4.13. The molecule has 0 bridgehead atoms. The van der Waals surface area contributed by atoms with Crippen LogP contribution in [0.15, 0.2) is 12.1 Å². The molecule has 1 N–H and O–H groups in total. The number of aryl methyl sites for hydroxylation is 1. The molecular weight excluding hydrogens is 200 g/mol. The molecule has 2 rings (SSSR count). The lowest BCUT2D eigenvalue weighted by Gasteiger charge is -2.22. The molecule has 3 heteroatoms. The van der Waals surface area contributed by atoms with Gasteiger partial charge < -0.3 is 10.2 Å². The zero-order chi connectivity index (χ0) is 11.7. The monoisotopic (exact) mass is 218 g/mol. The summed E-state index contributed by atoms with van der Waals surface area (Å²) in [6.07, 6.45) is 0. The number of nitrogens with zero attached hydrogens (tertiary/aromatic N) is 1. The van der Waals surface area contributed by atoms with E-state index >= 15 is 0 Å². The van der Waals surface area contributed by atoms with E-state index in [1.165, 1.54) is 0 Å². The highest BCUT2D eigenvalue weighted by molar-refractivity contribution is 6.09. The smallest absolute Gasteiger partial charge is 0.184 e. The van der Waals surface area contributed by atoms with Crippen molar-refractivity contribution >= 4 is 17.2 Å². The van der Waals surface area contributed by atoms with Crippen LogP contribution in [0.25, 0.3) is 0 Å². The van der Waals surface area contributed by atoms with Crippen molar-refractivity contribution in [1.82, 2.24) is 0 Å². The zero-order valence-corrected chi connectivity index (χ0v) is 10.1. The van der Waals surface area contributed by atoms with E-state index in [9.17, 15) is 4.79 Å². The number of anilines is 2. The number of Topliss-reactive ketones (excluding diaryl/α,β-unsaturated/α-hetero) is 1. The maximum atomic E-state index is 11.7. The van der Waals surface area contributed by atoms with Gasteiger partial charge in [-0.15, -0.1) is 0 Å². The van der Waals surface area contributed by atoms with Crippen molar-refractivity contribution in [3.8, 4) is 0 Å². The maximum Gasteiger partial charge on any atom is 0.184 e. The predicted molar refractivity (Wildman–Crippen MR) is 67.6 cm³/mol. The quantitative estimate of drug-likeness (QED) is 0.845. The summed E-state index contributed by atoms with van der Waals surface area (Å²) in [5.41, 5.74) is 4.17. The molecule has 0 radical (unpaired) electrons. The fourth-order valence-corrected chi connectivity index (χ4v) is 2.26. The molecule has 16 heavy (non-hydrogen) atoms. The fraction of sp³-hybridized carbons (Fsp3) is 0.462. The van der Waals surface area contributed by atoms with Crippen LogP contribution in [0.3, 0.4) is 0 Å². The molecule has 3 nitrogen and oxygen atoms in total. The lowest BCUT2D eigenvalue weighted by Crippen LogP contribution is -2.22. The van der Waals surface area contributed by atoms with E-state index in [1.807, 2.05) is 6.07 Å². The van der Waals surface area contributed by atoms with Crippen LogP contribution in [-0.4, -0.2) is 25.4 Å². The van der Waals surface area contributed by atoms with Gasteiger partial charge in [0.15, 0.2) is 5.78 Å². The molecule has 0 aromatic heterocycles. The summed E-state index contributed by atoms with van der Waals surface area (Å²) in [6.45, 7) is 8.69. The van der Waals surface area contributed by atoms with Gasteiger partial charge in [-0.05, 0) is 38.5 Å². The van der Waals surface area contributed by atoms with Gasteiger partial charge in [-0.1, -0.05) is 0 Å². The van der Waals surface area contributed by atoms with Crippen LogP contribution in [0.1, 0.15) is 29.8 Å². The maximum absolute atomic E-state index is 11.7. The third-order valence-electron chi connectivity index (χ3n) is 3.18. The molecule has 0 amide bonds. The van der Waals surface area contributed by atoms with Crippen molar-refractivity contribution in [3.05, 3.63) is 23.3 Å². The molecule has 0 fully saturated rings. The van der Waals surface area contributed by atoms with Crippen molar-refractivity contribution in [3.63, 3.8) is 0 Å². The number of hydrogen-bond acceptors (Lipinski definition) is 3.